The van der Waals surface area contributed by atoms with Crippen molar-refractivity contribution in [3.63, 3.8) is 0 Å². The second kappa shape index (κ2) is 8.61. The van der Waals surface area contributed by atoms with Gasteiger partial charge in [-0.3, -0.25) is 4.79 Å². The highest BCUT2D eigenvalue weighted by Crippen LogP contribution is 2.23. The van der Waals surface area contributed by atoms with Crippen molar-refractivity contribution in [1.29, 1.82) is 0 Å². The smallest absolute Gasteiger partial charge is 0.259 e. The van der Waals surface area contributed by atoms with Crippen molar-refractivity contribution in [3.8, 4) is 11.5 Å². The summed E-state index contributed by atoms with van der Waals surface area (Å²) in [4.78, 5) is 12.7. The SMILES string of the molecule is Cc1noc(C)c1COc1ccccc1C(=O)Nc1ccc(OC(C)C)cc1. The van der Waals surface area contributed by atoms with Crippen molar-refractivity contribution in [2.75, 3.05) is 5.32 Å². The van der Waals surface area contributed by atoms with E-state index in [9.17, 15) is 4.79 Å². The van der Waals surface area contributed by atoms with Crippen LogP contribution in [-0.4, -0.2) is 17.2 Å². The predicted molar refractivity (Wildman–Crippen MR) is 107 cm³/mol. The van der Waals surface area contributed by atoms with Crippen molar-refractivity contribution in [3.05, 3.63) is 71.1 Å². The lowest BCUT2D eigenvalue weighted by molar-refractivity contribution is 0.102. The maximum Gasteiger partial charge on any atom is 0.259 e. The van der Waals surface area contributed by atoms with Gasteiger partial charge >= 0.3 is 0 Å². The summed E-state index contributed by atoms with van der Waals surface area (Å²) in [6.45, 7) is 7.92. The van der Waals surface area contributed by atoms with Crippen molar-refractivity contribution >= 4 is 11.6 Å². The van der Waals surface area contributed by atoms with Gasteiger partial charge in [-0.05, 0) is 64.1 Å². The van der Waals surface area contributed by atoms with E-state index in [1.807, 2.05) is 58.0 Å². The highest BCUT2D eigenvalue weighted by molar-refractivity contribution is 6.06. The topological polar surface area (TPSA) is 73.6 Å². The molecule has 3 rings (SSSR count). The molecule has 28 heavy (non-hydrogen) atoms. The summed E-state index contributed by atoms with van der Waals surface area (Å²) in [7, 11) is 0. The number of hydrogen-bond donors (Lipinski definition) is 1. The van der Waals surface area contributed by atoms with E-state index in [1.54, 1.807) is 18.2 Å². The largest absolute Gasteiger partial charge is 0.491 e. The zero-order valence-electron chi connectivity index (χ0n) is 16.5. The molecule has 2 aromatic carbocycles. The van der Waals surface area contributed by atoms with E-state index in [4.69, 9.17) is 14.0 Å². The number of carbonyl (C=O) groups excluding carboxylic acids is 1. The molecule has 1 aromatic heterocycles. The summed E-state index contributed by atoms with van der Waals surface area (Å²) >= 11 is 0. The normalized spacial score (nSPS) is 10.8. The van der Waals surface area contributed by atoms with Crippen LogP contribution in [0.5, 0.6) is 11.5 Å². The van der Waals surface area contributed by atoms with E-state index in [-0.39, 0.29) is 18.6 Å². The minimum absolute atomic E-state index is 0.0992. The fourth-order valence-electron chi connectivity index (χ4n) is 2.73. The number of aromatic nitrogens is 1. The van der Waals surface area contributed by atoms with E-state index in [0.717, 1.165) is 17.0 Å². The number of nitrogens with zero attached hydrogens (tertiary/aromatic N) is 1. The van der Waals surface area contributed by atoms with Crippen LogP contribution in [0.25, 0.3) is 0 Å². The zero-order valence-corrected chi connectivity index (χ0v) is 16.5. The first-order chi connectivity index (χ1) is 13.4. The van der Waals surface area contributed by atoms with Gasteiger partial charge in [0.1, 0.15) is 23.9 Å². The van der Waals surface area contributed by atoms with Crippen LogP contribution in [0.3, 0.4) is 0 Å². The van der Waals surface area contributed by atoms with Crippen molar-refractivity contribution < 1.29 is 18.8 Å². The predicted octanol–water partition coefficient (Wildman–Crippen LogP) is 4.91. The number of anilines is 1. The van der Waals surface area contributed by atoms with Gasteiger partial charge < -0.3 is 19.3 Å². The van der Waals surface area contributed by atoms with Crippen LogP contribution in [-0.2, 0) is 6.61 Å². The quantitative estimate of drug-likeness (QED) is 0.630. The Morgan fingerprint density at radius 1 is 1.11 bits per heavy atom. The Labute approximate surface area is 164 Å². The maximum absolute atomic E-state index is 12.7. The van der Waals surface area contributed by atoms with Crippen LogP contribution in [0.4, 0.5) is 5.69 Å². The number of nitrogens with one attached hydrogen (secondary N) is 1. The number of rotatable bonds is 7. The molecule has 6 nitrogen and oxygen atoms in total. The van der Waals surface area contributed by atoms with Crippen molar-refractivity contribution in [2.45, 2.75) is 40.4 Å². The summed E-state index contributed by atoms with van der Waals surface area (Å²) in [6.07, 6.45) is 0.0992. The van der Waals surface area contributed by atoms with Gasteiger partial charge in [-0.1, -0.05) is 17.3 Å². The first-order valence-corrected chi connectivity index (χ1v) is 9.15. The Morgan fingerprint density at radius 2 is 1.82 bits per heavy atom. The molecule has 0 aliphatic carbocycles. The molecule has 6 heteroatoms. The van der Waals surface area contributed by atoms with E-state index in [0.29, 0.717) is 22.8 Å². The Bertz CT molecular complexity index is 926. The second-order valence-electron chi connectivity index (χ2n) is 6.73. The van der Waals surface area contributed by atoms with Crippen LogP contribution in [0.1, 0.15) is 41.2 Å². The Morgan fingerprint density at radius 3 is 2.46 bits per heavy atom. The van der Waals surface area contributed by atoms with Gasteiger partial charge in [-0.2, -0.15) is 0 Å². The van der Waals surface area contributed by atoms with Gasteiger partial charge in [-0.15, -0.1) is 0 Å². The van der Waals surface area contributed by atoms with Gasteiger partial charge in [0.15, 0.2) is 0 Å². The average Bonchev–Trinajstić information content (AvgIpc) is 2.99. The summed E-state index contributed by atoms with van der Waals surface area (Å²) in [5.74, 6) is 1.73. The lowest BCUT2D eigenvalue weighted by Crippen LogP contribution is -2.14. The van der Waals surface area contributed by atoms with Gasteiger partial charge in [0.2, 0.25) is 0 Å². The third-order valence-electron chi connectivity index (χ3n) is 4.17. The number of amides is 1. The molecule has 0 spiro atoms. The molecule has 0 radical (unpaired) electrons. The molecule has 1 heterocycles. The molecule has 0 saturated heterocycles. The molecule has 1 N–H and O–H groups in total. The first kappa shape index (κ1) is 19.5. The van der Waals surface area contributed by atoms with Crippen LogP contribution in [0, 0.1) is 13.8 Å². The number of para-hydroxylation sites is 1. The second-order valence-corrected chi connectivity index (χ2v) is 6.73. The van der Waals surface area contributed by atoms with Crippen molar-refractivity contribution in [2.24, 2.45) is 0 Å². The summed E-state index contributed by atoms with van der Waals surface area (Å²) in [6, 6.07) is 14.4. The van der Waals surface area contributed by atoms with Crippen LogP contribution < -0.4 is 14.8 Å². The Hall–Kier alpha value is -3.28. The minimum Gasteiger partial charge on any atom is -0.491 e. The van der Waals surface area contributed by atoms with Gasteiger partial charge in [0.05, 0.1) is 22.9 Å². The van der Waals surface area contributed by atoms with Gasteiger partial charge in [0, 0.05) is 5.69 Å². The van der Waals surface area contributed by atoms with E-state index in [2.05, 4.69) is 10.5 Å². The molecule has 0 bridgehead atoms. The van der Waals surface area contributed by atoms with E-state index in [1.165, 1.54) is 0 Å². The third kappa shape index (κ3) is 4.71. The van der Waals surface area contributed by atoms with Crippen LogP contribution >= 0.6 is 0 Å². The lowest BCUT2D eigenvalue weighted by atomic mass is 10.1. The average molecular weight is 380 g/mol. The van der Waals surface area contributed by atoms with Crippen LogP contribution in [0.2, 0.25) is 0 Å². The zero-order chi connectivity index (χ0) is 20.1. The molecule has 0 aliphatic heterocycles. The summed E-state index contributed by atoms with van der Waals surface area (Å²) < 4.78 is 16.7. The molecule has 0 saturated carbocycles. The van der Waals surface area contributed by atoms with E-state index < -0.39 is 0 Å². The highest BCUT2D eigenvalue weighted by Gasteiger charge is 2.15. The molecule has 3 aromatic rings. The molecule has 0 atom stereocenters. The van der Waals surface area contributed by atoms with E-state index >= 15 is 0 Å². The number of ether oxygens (including phenoxy) is 2. The van der Waals surface area contributed by atoms with Crippen LogP contribution in [0.15, 0.2) is 53.1 Å². The van der Waals surface area contributed by atoms with Gasteiger partial charge in [0.25, 0.3) is 5.91 Å². The summed E-state index contributed by atoms with van der Waals surface area (Å²) in [5.41, 5.74) is 2.80. The van der Waals surface area contributed by atoms with Gasteiger partial charge in [-0.25, -0.2) is 0 Å². The number of aryl methyl sites for hydroxylation is 2. The Kier molecular flexibility index (Phi) is 5.99. The lowest BCUT2D eigenvalue weighted by Gasteiger charge is -2.13. The maximum atomic E-state index is 12.7. The molecule has 0 fully saturated rings. The number of hydrogen-bond acceptors (Lipinski definition) is 5. The molecule has 1 amide bonds. The Balaban J connectivity index is 1.70. The first-order valence-electron chi connectivity index (χ1n) is 9.15. The number of benzene rings is 2. The minimum atomic E-state index is -0.244. The molecule has 0 aliphatic rings. The molecule has 0 unspecified atom stereocenters. The monoisotopic (exact) mass is 380 g/mol. The third-order valence-corrected chi connectivity index (χ3v) is 4.17. The molecule has 146 valence electrons. The standard InChI is InChI=1S/C22H24N2O4/c1-14(2)27-18-11-9-17(10-12-18)23-22(25)19-7-5-6-8-21(19)26-13-20-15(3)24-28-16(20)4/h5-12,14H,13H2,1-4H3,(H,23,25). The fraction of sp³-hybridized carbons (Fsp3) is 0.273. The molecular formula is C22H24N2O4. The number of carbonyl (C=O) groups is 1. The molecular weight excluding hydrogens is 356 g/mol. The van der Waals surface area contributed by atoms with Crippen molar-refractivity contribution in [1.82, 2.24) is 5.16 Å². The highest BCUT2D eigenvalue weighted by atomic mass is 16.5. The summed E-state index contributed by atoms with van der Waals surface area (Å²) in [5, 5.41) is 6.81. The fourth-order valence-corrected chi connectivity index (χ4v) is 2.73.